The van der Waals surface area contributed by atoms with Crippen molar-refractivity contribution in [2.75, 3.05) is 14.2 Å². The Morgan fingerprint density at radius 2 is 1.91 bits per heavy atom. The minimum atomic E-state index is -0.358. The van der Waals surface area contributed by atoms with Crippen LogP contribution < -0.4 is 14.3 Å². The Balaban J connectivity index is 2.11. The van der Waals surface area contributed by atoms with Crippen molar-refractivity contribution in [2.45, 2.75) is 0 Å². The molecule has 0 radical (unpaired) electrons. The number of benzene rings is 2. The van der Waals surface area contributed by atoms with Gasteiger partial charge in [0.1, 0.15) is 11.5 Å². The molecule has 0 spiro atoms. The van der Waals surface area contributed by atoms with Gasteiger partial charge in [0.05, 0.1) is 30.0 Å². The smallest absolute Gasteiger partial charge is 0.283 e. The largest absolute Gasteiger partial charge is 0.497 e. The molecule has 0 bridgehead atoms. The highest BCUT2D eigenvalue weighted by atomic mass is 32.1. The van der Waals surface area contributed by atoms with Crippen molar-refractivity contribution in [3.63, 3.8) is 0 Å². The molecule has 2 aromatic carbocycles. The maximum absolute atomic E-state index is 12.6. The van der Waals surface area contributed by atoms with Crippen LogP contribution in [-0.2, 0) is 7.05 Å². The van der Waals surface area contributed by atoms with Gasteiger partial charge in [0.25, 0.3) is 5.91 Å². The predicted molar refractivity (Wildman–Crippen MR) is 90.2 cm³/mol. The number of thiazole rings is 1. The zero-order valence-electron chi connectivity index (χ0n) is 13.1. The van der Waals surface area contributed by atoms with Gasteiger partial charge in [0.2, 0.25) is 0 Å². The molecule has 0 aliphatic heterocycles. The Morgan fingerprint density at radius 1 is 1.13 bits per heavy atom. The Kier molecular flexibility index (Phi) is 4.16. The van der Waals surface area contributed by atoms with Crippen LogP contribution in [0.1, 0.15) is 10.4 Å². The van der Waals surface area contributed by atoms with Gasteiger partial charge in [-0.25, -0.2) is 0 Å². The second-order valence-electron chi connectivity index (χ2n) is 4.89. The lowest BCUT2D eigenvalue weighted by molar-refractivity contribution is 0.0994. The average molecular weight is 328 g/mol. The molecule has 1 amide bonds. The molecular weight excluding hydrogens is 312 g/mol. The monoisotopic (exact) mass is 328 g/mol. The first-order chi connectivity index (χ1) is 11.1. The van der Waals surface area contributed by atoms with Gasteiger partial charge in [0, 0.05) is 7.05 Å². The van der Waals surface area contributed by atoms with E-state index < -0.39 is 0 Å². The van der Waals surface area contributed by atoms with E-state index in [1.54, 1.807) is 25.3 Å². The summed E-state index contributed by atoms with van der Waals surface area (Å²) in [5, 5.41) is 0. The summed E-state index contributed by atoms with van der Waals surface area (Å²) in [6, 6.07) is 13.0. The number of para-hydroxylation sites is 1. The molecular formula is C17H16N2O3S. The second-order valence-corrected chi connectivity index (χ2v) is 5.90. The summed E-state index contributed by atoms with van der Waals surface area (Å²) in [4.78, 5) is 17.5. The number of nitrogens with zero attached hydrogens (tertiary/aromatic N) is 2. The topological polar surface area (TPSA) is 52.8 Å². The Bertz CT molecular complexity index is 940. The molecule has 0 saturated carbocycles. The van der Waals surface area contributed by atoms with Gasteiger partial charge in [0.15, 0.2) is 4.80 Å². The lowest BCUT2D eigenvalue weighted by atomic mass is 10.2. The number of methoxy groups -OCH3 is 2. The standard InChI is InChI=1S/C17H16N2O3S/c1-19-13-6-4-5-7-15(13)23-17(19)18-16(20)12-10-11(21-2)8-9-14(12)22-3/h4-10H,1-3H3. The number of fused-ring (bicyclic) bond motifs is 1. The summed E-state index contributed by atoms with van der Waals surface area (Å²) in [6.07, 6.45) is 0. The number of carbonyl (C=O) groups excluding carboxylic acids is 1. The van der Waals surface area contributed by atoms with Crippen LogP contribution in [-0.4, -0.2) is 24.7 Å². The van der Waals surface area contributed by atoms with Crippen LogP contribution >= 0.6 is 11.3 Å². The molecule has 3 rings (SSSR count). The summed E-state index contributed by atoms with van der Waals surface area (Å²) < 4.78 is 13.4. The SMILES string of the molecule is COc1ccc(OC)c(C(=O)N=c2sc3ccccc3n2C)c1. The van der Waals surface area contributed by atoms with E-state index in [1.165, 1.54) is 18.4 Å². The zero-order valence-corrected chi connectivity index (χ0v) is 13.9. The Labute approximate surface area is 137 Å². The normalized spacial score (nSPS) is 11.7. The summed E-state index contributed by atoms with van der Waals surface area (Å²) in [5.41, 5.74) is 1.42. The van der Waals surface area contributed by atoms with Crippen LogP contribution in [0.3, 0.4) is 0 Å². The van der Waals surface area contributed by atoms with E-state index >= 15 is 0 Å². The van der Waals surface area contributed by atoms with Gasteiger partial charge in [-0.05, 0) is 30.3 Å². The molecule has 3 aromatic rings. The Morgan fingerprint density at radius 3 is 2.61 bits per heavy atom. The minimum absolute atomic E-state index is 0.358. The third-order valence-corrected chi connectivity index (χ3v) is 4.66. The molecule has 6 heteroatoms. The molecule has 5 nitrogen and oxygen atoms in total. The average Bonchev–Trinajstić information content (AvgIpc) is 2.90. The van der Waals surface area contributed by atoms with E-state index in [2.05, 4.69) is 4.99 Å². The van der Waals surface area contributed by atoms with Gasteiger partial charge < -0.3 is 14.0 Å². The molecule has 23 heavy (non-hydrogen) atoms. The van der Waals surface area contributed by atoms with Gasteiger partial charge in [-0.3, -0.25) is 4.79 Å². The molecule has 0 atom stereocenters. The van der Waals surface area contributed by atoms with Gasteiger partial charge in [-0.2, -0.15) is 4.99 Å². The number of aromatic nitrogens is 1. The van der Waals surface area contributed by atoms with E-state index in [0.717, 1.165) is 10.2 Å². The van der Waals surface area contributed by atoms with Crippen LogP contribution in [0.2, 0.25) is 0 Å². The van der Waals surface area contributed by atoms with E-state index in [9.17, 15) is 4.79 Å². The molecule has 0 aliphatic rings. The van der Waals surface area contributed by atoms with Crippen molar-refractivity contribution in [3.8, 4) is 11.5 Å². The van der Waals surface area contributed by atoms with E-state index in [4.69, 9.17) is 9.47 Å². The van der Waals surface area contributed by atoms with Crippen molar-refractivity contribution in [3.05, 3.63) is 52.8 Å². The van der Waals surface area contributed by atoms with Crippen molar-refractivity contribution < 1.29 is 14.3 Å². The molecule has 118 valence electrons. The first-order valence-corrected chi connectivity index (χ1v) is 7.81. The third kappa shape index (κ3) is 2.85. The molecule has 0 unspecified atom stereocenters. The first-order valence-electron chi connectivity index (χ1n) is 6.99. The van der Waals surface area contributed by atoms with E-state index in [-0.39, 0.29) is 5.91 Å². The van der Waals surface area contributed by atoms with E-state index in [0.29, 0.717) is 21.9 Å². The first kappa shape index (κ1) is 15.3. The molecule has 0 N–H and O–H groups in total. The number of rotatable bonds is 3. The molecule has 0 saturated heterocycles. The number of carbonyl (C=O) groups is 1. The fraction of sp³-hybridized carbons (Fsp3) is 0.176. The van der Waals surface area contributed by atoms with E-state index in [1.807, 2.05) is 35.9 Å². The van der Waals surface area contributed by atoms with Crippen molar-refractivity contribution in [2.24, 2.45) is 12.0 Å². The van der Waals surface area contributed by atoms with Gasteiger partial charge >= 0.3 is 0 Å². The maximum atomic E-state index is 12.6. The van der Waals surface area contributed by atoms with Crippen molar-refractivity contribution in [1.29, 1.82) is 0 Å². The Hall–Kier alpha value is -2.60. The molecule has 0 aliphatic carbocycles. The maximum Gasteiger partial charge on any atom is 0.283 e. The van der Waals surface area contributed by atoms with Crippen LogP contribution in [0.15, 0.2) is 47.5 Å². The quantitative estimate of drug-likeness (QED) is 0.743. The van der Waals surface area contributed by atoms with Crippen LogP contribution in [0, 0.1) is 0 Å². The summed E-state index contributed by atoms with van der Waals surface area (Å²) >= 11 is 1.47. The van der Waals surface area contributed by atoms with Gasteiger partial charge in [-0.15, -0.1) is 0 Å². The fourth-order valence-electron chi connectivity index (χ4n) is 2.32. The number of hydrogen-bond acceptors (Lipinski definition) is 4. The predicted octanol–water partition coefficient (Wildman–Crippen LogP) is 3.00. The minimum Gasteiger partial charge on any atom is -0.497 e. The van der Waals surface area contributed by atoms with Crippen LogP contribution in [0.5, 0.6) is 11.5 Å². The third-order valence-electron chi connectivity index (χ3n) is 3.55. The highest BCUT2D eigenvalue weighted by Gasteiger charge is 2.14. The number of aryl methyl sites for hydroxylation is 1. The van der Waals surface area contributed by atoms with Crippen molar-refractivity contribution in [1.82, 2.24) is 4.57 Å². The molecule has 1 aromatic heterocycles. The van der Waals surface area contributed by atoms with Gasteiger partial charge in [-0.1, -0.05) is 23.5 Å². The summed E-state index contributed by atoms with van der Waals surface area (Å²) in [6.45, 7) is 0. The molecule has 1 heterocycles. The number of ether oxygens (including phenoxy) is 2. The highest BCUT2D eigenvalue weighted by molar-refractivity contribution is 7.16. The van der Waals surface area contributed by atoms with Crippen LogP contribution in [0.4, 0.5) is 0 Å². The molecule has 0 fully saturated rings. The van der Waals surface area contributed by atoms with Crippen molar-refractivity contribution >= 4 is 27.5 Å². The number of amides is 1. The van der Waals surface area contributed by atoms with Crippen LogP contribution in [0.25, 0.3) is 10.2 Å². The zero-order chi connectivity index (χ0) is 16.4. The fourth-order valence-corrected chi connectivity index (χ4v) is 3.33. The highest BCUT2D eigenvalue weighted by Crippen LogP contribution is 2.24. The summed E-state index contributed by atoms with van der Waals surface area (Å²) in [5.74, 6) is 0.705. The lowest BCUT2D eigenvalue weighted by Crippen LogP contribution is -2.13. The lowest BCUT2D eigenvalue weighted by Gasteiger charge is -2.07. The summed E-state index contributed by atoms with van der Waals surface area (Å²) in [7, 11) is 4.98. The number of hydrogen-bond donors (Lipinski definition) is 0. The second kappa shape index (κ2) is 6.26.